The fraction of sp³-hybridized carbons (Fsp3) is 0.281. The number of aromatic nitrogens is 1. The van der Waals surface area contributed by atoms with Crippen LogP contribution in [0.4, 0.5) is 0 Å². The Bertz CT molecular complexity index is 1660. The highest BCUT2D eigenvalue weighted by molar-refractivity contribution is 6.17. The summed E-state index contributed by atoms with van der Waals surface area (Å²) < 4.78 is 9.23. The van der Waals surface area contributed by atoms with E-state index in [0.29, 0.717) is 11.8 Å². The first-order valence-corrected chi connectivity index (χ1v) is 12.4. The molecule has 6 rings (SSSR count). The van der Waals surface area contributed by atoms with Crippen molar-refractivity contribution in [3.05, 3.63) is 77.0 Å². The van der Waals surface area contributed by atoms with E-state index in [2.05, 4.69) is 108 Å². The van der Waals surface area contributed by atoms with E-state index in [1.807, 2.05) is 0 Å². The van der Waals surface area contributed by atoms with Crippen LogP contribution in [0, 0.1) is 13.8 Å². The maximum atomic E-state index is 6.95. The molecule has 0 fully saturated rings. The van der Waals surface area contributed by atoms with E-state index in [0.717, 1.165) is 11.5 Å². The van der Waals surface area contributed by atoms with Crippen LogP contribution in [-0.2, 0) is 7.05 Å². The van der Waals surface area contributed by atoms with Crippen molar-refractivity contribution in [3.63, 3.8) is 0 Å². The summed E-state index contributed by atoms with van der Waals surface area (Å²) >= 11 is 0. The van der Waals surface area contributed by atoms with Crippen LogP contribution >= 0.6 is 0 Å². The molecule has 1 aromatic heterocycles. The maximum absolute atomic E-state index is 6.95. The quantitative estimate of drug-likeness (QED) is 0.192. The van der Waals surface area contributed by atoms with Gasteiger partial charge in [-0.3, -0.25) is 0 Å². The Kier molecular flexibility index (Phi) is 4.55. The molecule has 0 radical (unpaired) electrons. The Morgan fingerprint density at radius 2 is 1.56 bits per heavy atom. The molecule has 4 aromatic carbocycles. The molecule has 2 heterocycles. The zero-order valence-electron chi connectivity index (χ0n) is 21.2. The van der Waals surface area contributed by atoms with Gasteiger partial charge in [0.15, 0.2) is 6.20 Å². The molecule has 34 heavy (non-hydrogen) atoms. The van der Waals surface area contributed by atoms with Crippen molar-refractivity contribution in [1.29, 1.82) is 0 Å². The fourth-order valence-corrected chi connectivity index (χ4v) is 6.03. The second-order valence-electron chi connectivity index (χ2n) is 10.6. The van der Waals surface area contributed by atoms with Crippen LogP contribution in [0.1, 0.15) is 61.8 Å². The van der Waals surface area contributed by atoms with E-state index < -0.39 is 0 Å². The number of benzene rings is 4. The van der Waals surface area contributed by atoms with Gasteiger partial charge in [0.05, 0.1) is 10.9 Å². The van der Waals surface area contributed by atoms with Gasteiger partial charge in [0.1, 0.15) is 18.5 Å². The van der Waals surface area contributed by atoms with Crippen LogP contribution in [0.25, 0.3) is 43.6 Å². The van der Waals surface area contributed by atoms with Crippen molar-refractivity contribution < 1.29 is 9.30 Å². The van der Waals surface area contributed by atoms with Crippen LogP contribution < -0.4 is 9.30 Å². The number of hydrogen-bond donors (Lipinski definition) is 0. The van der Waals surface area contributed by atoms with Crippen LogP contribution in [0.15, 0.2) is 54.7 Å². The summed E-state index contributed by atoms with van der Waals surface area (Å²) in [6, 6.07) is 18.1. The SMILES string of the molecule is Cc1ccc2c(C(C)C)c3c(c(C)c2c1)-c1c2c(cc4c(C(C)C)cccc4c2cc[n+]1C)O3. The summed E-state index contributed by atoms with van der Waals surface area (Å²) in [5.74, 6) is 2.80. The van der Waals surface area contributed by atoms with Gasteiger partial charge in [0, 0.05) is 17.0 Å². The van der Waals surface area contributed by atoms with Gasteiger partial charge >= 0.3 is 0 Å². The molecule has 170 valence electrons. The highest BCUT2D eigenvalue weighted by atomic mass is 16.5. The second-order valence-corrected chi connectivity index (χ2v) is 10.6. The molecule has 2 nitrogen and oxygen atoms in total. The Balaban J connectivity index is 1.84. The van der Waals surface area contributed by atoms with Gasteiger partial charge in [-0.05, 0) is 64.4 Å². The smallest absolute Gasteiger partial charge is 0.228 e. The van der Waals surface area contributed by atoms with Crippen molar-refractivity contribution in [1.82, 2.24) is 0 Å². The van der Waals surface area contributed by atoms with E-state index in [-0.39, 0.29) is 0 Å². The Morgan fingerprint density at radius 3 is 2.29 bits per heavy atom. The number of pyridine rings is 1. The summed E-state index contributed by atoms with van der Waals surface area (Å²) in [7, 11) is 2.16. The number of hydrogen-bond acceptors (Lipinski definition) is 1. The lowest BCUT2D eigenvalue weighted by Crippen LogP contribution is -2.32. The average Bonchev–Trinajstić information content (AvgIpc) is 2.80. The first-order chi connectivity index (χ1) is 16.3. The predicted octanol–water partition coefficient (Wildman–Crippen LogP) is 8.61. The van der Waals surface area contributed by atoms with E-state index in [4.69, 9.17) is 4.74 Å². The van der Waals surface area contributed by atoms with Crippen LogP contribution in [0.3, 0.4) is 0 Å². The maximum Gasteiger partial charge on any atom is 0.228 e. The lowest BCUT2D eigenvalue weighted by molar-refractivity contribution is -0.659. The molecule has 0 N–H and O–H groups in total. The molecule has 0 aliphatic carbocycles. The number of fused-ring (bicyclic) bond motifs is 5. The van der Waals surface area contributed by atoms with Gasteiger partial charge in [0.25, 0.3) is 0 Å². The van der Waals surface area contributed by atoms with E-state index in [1.54, 1.807) is 0 Å². The zero-order chi connectivity index (χ0) is 23.9. The third-order valence-electron chi connectivity index (χ3n) is 7.64. The minimum absolute atomic E-state index is 0.345. The standard InChI is InChI=1S/C32H32NO/c1-17(2)21-9-8-10-22-24-13-14-33(7)31-29-20(6)25-15-19(5)11-12-23(25)28(18(3)4)32(29)34-27(30(24)31)16-26(21)22/h8-18H,1-7H3/q+1. The van der Waals surface area contributed by atoms with Crippen LogP contribution in [0.5, 0.6) is 11.5 Å². The molecule has 1 aliphatic rings. The monoisotopic (exact) mass is 446 g/mol. The molecule has 0 bridgehead atoms. The normalized spacial score (nSPS) is 12.7. The average molecular weight is 447 g/mol. The highest BCUT2D eigenvalue weighted by Gasteiger charge is 2.34. The Morgan fingerprint density at radius 1 is 0.765 bits per heavy atom. The number of ether oxygens (including phenoxy) is 1. The van der Waals surface area contributed by atoms with Crippen molar-refractivity contribution in [3.8, 4) is 22.8 Å². The molecular formula is C32H32NO+. The molecule has 0 unspecified atom stereocenters. The first-order valence-electron chi connectivity index (χ1n) is 12.4. The van der Waals surface area contributed by atoms with Crippen molar-refractivity contribution >= 4 is 32.3 Å². The van der Waals surface area contributed by atoms with Gasteiger partial charge in [-0.2, -0.15) is 0 Å². The predicted molar refractivity (Wildman–Crippen MR) is 143 cm³/mol. The molecule has 5 aromatic rings. The van der Waals surface area contributed by atoms with Gasteiger partial charge < -0.3 is 4.74 Å². The minimum atomic E-state index is 0.345. The summed E-state index contributed by atoms with van der Waals surface area (Å²) in [4.78, 5) is 0. The van der Waals surface area contributed by atoms with E-state index in [1.165, 1.54) is 65.8 Å². The number of aryl methyl sites for hydroxylation is 3. The van der Waals surface area contributed by atoms with Crippen molar-refractivity contribution in [2.45, 2.75) is 53.4 Å². The van der Waals surface area contributed by atoms with Gasteiger partial charge in [-0.15, -0.1) is 0 Å². The summed E-state index contributed by atoms with van der Waals surface area (Å²) in [6.45, 7) is 13.5. The molecule has 0 amide bonds. The first kappa shape index (κ1) is 21.2. The molecule has 0 saturated carbocycles. The number of rotatable bonds is 2. The van der Waals surface area contributed by atoms with Crippen molar-refractivity contribution in [2.24, 2.45) is 7.05 Å². The van der Waals surface area contributed by atoms with E-state index >= 15 is 0 Å². The number of nitrogens with zero attached hydrogens (tertiary/aromatic N) is 1. The van der Waals surface area contributed by atoms with Gasteiger partial charge in [-0.1, -0.05) is 69.7 Å². The Labute approximate surface area is 201 Å². The molecule has 1 aliphatic heterocycles. The largest absolute Gasteiger partial charge is 0.455 e. The van der Waals surface area contributed by atoms with E-state index in [9.17, 15) is 0 Å². The highest BCUT2D eigenvalue weighted by Crippen LogP contribution is 2.53. The van der Waals surface area contributed by atoms with Crippen LogP contribution in [-0.4, -0.2) is 0 Å². The summed E-state index contributed by atoms with van der Waals surface area (Å²) in [5.41, 5.74) is 7.75. The topological polar surface area (TPSA) is 13.1 Å². The van der Waals surface area contributed by atoms with Gasteiger partial charge in [0.2, 0.25) is 5.69 Å². The minimum Gasteiger partial charge on any atom is -0.455 e. The molecule has 2 heteroatoms. The third-order valence-corrected chi connectivity index (χ3v) is 7.64. The molecule has 0 saturated heterocycles. The second kappa shape index (κ2) is 7.30. The van der Waals surface area contributed by atoms with Crippen LogP contribution in [0.2, 0.25) is 0 Å². The molecule has 0 atom stereocenters. The lowest BCUT2D eigenvalue weighted by Gasteiger charge is -2.27. The lowest BCUT2D eigenvalue weighted by atomic mass is 9.84. The summed E-state index contributed by atoms with van der Waals surface area (Å²) in [5, 5.41) is 7.71. The molecular weight excluding hydrogens is 414 g/mol. The molecule has 0 spiro atoms. The Hall–Kier alpha value is -3.39. The fourth-order valence-electron chi connectivity index (χ4n) is 6.03. The third kappa shape index (κ3) is 2.78. The van der Waals surface area contributed by atoms with Crippen molar-refractivity contribution in [2.75, 3.05) is 0 Å². The summed E-state index contributed by atoms with van der Waals surface area (Å²) in [6.07, 6.45) is 2.22. The zero-order valence-corrected chi connectivity index (χ0v) is 21.2. The van der Waals surface area contributed by atoms with Gasteiger partial charge in [-0.25, -0.2) is 4.57 Å².